The molecule has 0 saturated heterocycles. The highest BCUT2D eigenvalue weighted by Gasteiger charge is 2.20. The van der Waals surface area contributed by atoms with Gasteiger partial charge in [-0.25, -0.2) is 0 Å². The largest absolute Gasteiger partial charge is 0.313 e. The van der Waals surface area contributed by atoms with Crippen LogP contribution in [-0.4, -0.2) is 9.13 Å². The summed E-state index contributed by atoms with van der Waals surface area (Å²) in [4.78, 5) is 0. The Balaban J connectivity index is 1.25. The molecule has 0 aliphatic rings. The lowest BCUT2D eigenvalue weighted by molar-refractivity contribution is 1.04. The van der Waals surface area contributed by atoms with Crippen molar-refractivity contribution in [1.29, 1.82) is 0 Å². The summed E-state index contributed by atoms with van der Waals surface area (Å²) in [6.07, 6.45) is 0. The minimum atomic E-state index is 1.20. The van der Waals surface area contributed by atoms with Gasteiger partial charge in [-0.15, -0.1) is 0 Å². The van der Waals surface area contributed by atoms with E-state index < -0.39 is 0 Å². The van der Waals surface area contributed by atoms with Gasteiger partial charge in [0, 0.05) is 44.3 Å². The summed E-state index contributed by atoms with van der Waals surface area (Å²) in [5, 5.41) is 15.3. The van der Waals surface area contributed by atoms with Crippen LogP contribution in [0.1, 0.15) is 22.5 Å². The van der Waals surface area contributed by atoms with Crippen LogP contribution in [0.25, 0.3) is 87.0 Å². The number of hydrogen-bond donors (Lipinski definition) is 0. The molecule has 10 rings (SSSR count). The van der Waals surface area contributed by atoms with Crippen molar-refractivity contribution in [3.8, 4) is 11.4 Å². The van der Waals surface area contributed by atoms with E-state index in [9.17, 15) is 0 Å². The van der Waals surface area contributed by atoms with Gasteiger partial charge in [0.05, 0.1) is 11.0 Å². The van der Waals surface area contributed by atoms with Crippen LogP contribution in [0, 0.1) is 27.7 Å². The van der Waals surface area contributed by atoms with Gasteiger partial charge in [-0.1, -0.05) is 84.9 Å². The van der Waals surface area contributed by atoms with E-state index in [2.05, 4.69) is 170 Å². The van der Waals surface area contributed by atoms with Gasteiger partial charge in [-0.2, -0.15) is 0 Å². The zero-order chi connectivity index (χ0) is 32.3. The average molecular weight is 615 g/mol. The van der Waals surface area contributed by atoms with E-state index in [1.807, 2.05) is 0 Å². The van der Waals surface area contributed by atoms with Gasteiger partial charge < -0.3 is 9.13 Å². The van der Waals surface area contributed by atoms with Gasteiger partial charge in [-0.3, -0.25) is 0 Å². The van der Waals surface area contributed by atoms with Crippen molar-refractivity contribution in [2.45, 2.75) is 27.7 Å². The lowest BCUT2D eigenvalue weighted by atomic mass is 10.0. The summed E-state index contributed by atoms with van der Waals surface area (Å²) >= 11 is 0. The molecule has 0 aliphatic carbocycles. The molecule has 2 nitrogen and oxygen atoms in total. The smallest absolute Gasteiger partial charge is 0.0613 e. The number of fused-ring (bicyclic) bond motifs is 9. The summed E-state index contributed by atoms with van der Waals surface area (Å²) in [7, 11) is 0. The lowest BCUT2D eigenvalue weighted by Crippen LogP contribution is -1.99. The first-order chi connectivity index (χ1) is 23.4. The first-order valence-electron chi connectivity index (χ1n) is 16.9. The number of nitrogens with zero attached hydrogens (tertiary/aromatic N) is 2. The van der Waals surface area contributed by atoms with E-state index in [-0.39, 0.29) is 0 Å². The Morgan fingerprint density at radius 2 is 0.646 bits per heavy atom. The molecule has 2 aromatic heterocycles. The molecule has 0 unspecified atom stereocenters. The van der Waals surface area contributed by atoms with Gasteiger partial charge in [0.2, 0.25) is 0 Å². The molecular formula is C46H34N2. The van der Waals surface area contributed by atoms with Crippen LogP contribution >= 0.6 is 0 Å². The fourth-order valence-corrected chi connectivity index (χ4v) is 8.30. The van der Waals surface area contributed by atoms with Crippen LogP contribution in [0.3, 0.4) is 0 Å². The molecule has 0 saturated carbocycles. The van der Waals surface area contributed by atoms with Crippen LogP contribution in [-0.2, 0) is 0 Å². The number of aromatic nitrogens is 2. The van der Waals surface area contributed by atoms with E-state index in [1.54, 1.807) is 0 Å². The normalized spacial score (nSPS) is 12.2. The lowest BCUT2D eigenvalue weighted by Gasteiger charge is -2.15. The second-order valence-electron chi connectivity index (χ2n) is 13.6. The van der Waals surface area contributed by atoms with Crippen molar-refractivity contribution < 1.29 is 0 Å². The van der Waals surface area contributed by atoms with Crippen LogP contribution in [0.2, 0.25) is 0 Å². The molecule has 2 heterocycles. The first-order valence-corrected chi connectivity index (χ1v) is 16.9. The summed E-state index contributed by atoms with van der Waals surface area (Å²) < 4.78 is 4.98. The number of hydrogen-bond acceptors (Lipinski definition) is 0. The highest BCUT2D eigenvalue weighted by molar-refractivity contribution is 6.18. The molecule has 0 spiro atoms. The fraction of sp³-hybridized carbons (Fsp3) is 0.0870. The Morgan fingerprint density at radius 3 is 1.04 bits per heavy atom. The molecule has 0 fully saturated rings. The summed E-state index contributed by atoms with van der Waals surface area (Å²) in [5.74, 6) is 0. The van der Waals surface area contributed by atoms with E-state index in [1.165, 1.54) is 110 Å². The third kappa shape index (κ3) is 3.74. The Morgan fingerprint density at radius 1 is 0.312 bits per heavy atom. The van der Waals surface area contributed by atoms with E-state index in [0.29, 0.717) is 0 Å². The third-order valence-electron chi connectivity index (χ3n) is 11.0. The van der Waals surface area contributed by atoms with Crippen molar-refractivity contribution in [1.82, 2.24) is 9.13 Å². The topological polar surface area (TPSA) is 9.86 Å². The summed E-state index contributed by atoms with van der Waals surface area (Å²) in [6, 6.07) is 49.8. The van der Waals surface area contributed by atoms with Gasteiger partial charge in [-0.05, 0) is 130 Å². The molecule has 2 heteroatoms. The molecule has 0 N–H and O–H groups in total. The summed E-state index contributed by atoms with van der Waals surface area (Å²) in [5.41, 5.74) is 10.2. The van der Waals surface area contributed by atoms with Crippen molar-refractivity contribution >= 4 is 75.7 Å². The molecular weight excluding hydrogens is 581 g/mol. The van der Waals surface area contributed by atoms with Gasteiger partial charge >= 0.3 is 0 Å². The quantitative estimate of drug-likeness (QED) is 0.171. The zero-order valence-corrected chi connectivity index (χ0v) is 27.6. The van der Waals surface area contributed by atoms with Crippen LogP contribution in [0.4, 0.5) is 0 Å². The number of benzene rings is 8. The minimum Gasteiger partial charge on any atom is -0.313 e. The molecule has 0 aliphatic heterocycles. The average Bonchev–Trinajstić information content (AvgIpc) is 3.53. The van der Waals surface area contributed by atoms with Crippen molar-refractivity contribution in [3.63, 3.8) is 0 Å². The Kier molecular flexibility index (Phi) is 5.58. The molecule has 0 atom stereocenters. The molecule has 0 radical (unpaired) electrons. The molecule has 228 valence electrons. The highest BCUT2D eigenvalue weighted by Crippen LogP contribution is 2.41. The van der Waals surface area contributed by atoms with Crippen molar-refractivity contribution in [2.24, 2.45) is 0 Å². The standard InChI is InChI=1S/C46H34N2/c1-27-29(3)47(39-15-13-35-21-31-9-5-7-11-33(31)23-37(35)25-39)45-41(27)17-19-44-43(45)20-18-42-28(2)30(4)48(46(42)44)40-16-14-36-22-32-10-6-8-12-34(32)24-38(36)26-40/h5-26H,1-4H3. The van der Waals surface area contributed by atoms with Gasteiger partial charge in [0.15, 0.2) is 0 Å². The SMILES string of the molecule is Cc1c(C)n(-c2ccc3cc4ccccc4cc3c2)c2c1ccc1c2ccc2c(C)c(C)n(-c3ccc4cc5ccccc5cc4c3)c21. The number of aryl methyl sites for hydroxylation is 2. The minimum absolute atomic E-state index is 1.20. The maximum atomic E-state index is 2.49. The van der Waals surface area contributed by atoms with E-state index >= 15 is 0 Å². The maximum Gasteiger partial charge on any atom is 0.0613 e. The van der Waals surface area contributed by atoms with Gasteiger partial charge in [0.1, 0.15) is 0 Å². The van der Waals surface area contributed by atoms with Crippen molar-refractivity contribution in [3.05, 3.63) is 156 Å². The first kappa shape index (κ1) is 27.3. The van der Waals surface area contributed by atoms with E-state index in [0.717, 1.165) is 0 Å². The Bertz CT molecular complexity index is 2780. The predicted octanol–water partition coefficient (Wildman–Crippen LogP) is 12.6. The molecule has 48 heavy (non-hydrogen) atoms. The molecule has 8 aromatic carbocycles. The zero-order valence-electron chi connectivity index (χ0n) is 27.6. The van der Waals surface area contributed by atoms with Crippen LogP contribution < -0.4 is 0 Å². The van der Waals surface area contributed by atoms with Crippen LogP contribution in [0.15, 0.2) is 133 Å². The molecule has 0 bridgehead atoms. The van der Waals surface area contributed by atoms with Crippen LogP contribution in [0.5, 0.6) is 0 Å². The van der Waals surface area contributed by atoms with E-state index in [4.69, 9.17) is 0 Å². The predicted molar refractivity (Wildman–Crippen MR) is 207 cm³/mol. The second kappa shape index (κ2) is 9.82. The monoisotopic (exact) mass is 614 g/mol. The molecule has 0 amide bonds. The maximum absolute atomic E-state index is 2.49. The Hall–Kier alpha value is -5.86. The highest BCUT2D eigenvalue weighted by atomic mass is 15.0. The fourth-order valence-electron chi connectivity index (χ4n) is 8.30. The third-order valence-corrected chi connectivity index (χ3v) is 11.0. The second-order valence-corrected chi connectivity index (χ2v) is 13.6. The Labute approximate surface area is 279 Å². The molecule has 10 aromatic rings. The number of rotatable bonds is 2. The van der Waals surface area contributed by atoms with Crippen molar-refractivity contribution in [2.75, 3.05) is 0 Å². The van der Waals surface area contributed by atoms with Gasteiger partial charge in [0.25, 0.3) is 0 Å². The summed E-state index contributed by atoms with van der Waals surface area (Å²) in [6.45, 7) is 9.06.